The minimum Gasteiger partial charge on any atom is -0.366 e. The summed E-state index contributed by atoms with van der Waals surface area (Å²) in [6.45, 7) is 4.02. The van der Waals surface area contributed by atoms with Crippen LogP contribution in [0.2, 0.25) is 5.15 Å². The van der Waals surface area contributed by atoms with E-state index in [9.17, 15) is 4.79 Å². The summed E-state index contributed by atoms with van der Waals surface area (Å²) in [4.78, 5) is 14.8. The zero-order valence-corrected chi connectivity index (χ0v) is 8.30. The molecule has 1 amide bonds. The van der Waals surface area contributed by atoms with Crippen molar-refractivity contribution < 1.29 is 4.79 Å². The molecule has 0 bridgehead atoms. The van der Waals surface area contributed by atoms with E-state index in [-0.39, 0.29) is 10.7 Å². The molecule has 70 valence electrons. The van der Waals surface area contributed by atoms with Gasteiger partial charge >= 0.3 is 0 Å². The molecular weight excluding hydrogens is 188 g/mol. The van der Waals surface area contributed by atoms with Gasteiger partial charge in [-0.25, -0.2) is 4.98 Å². The SMILES string of the molecule is CC(C)c1cnc(Cl)c(C(N)=O)c1. The lowest BCUT2D eigenvalue weighted by Crippen LogP contribution is -2.12. The van der Waals surface area contributed by atoms with Crippen LogP contribution in [0, 0.1) is 0 Å². The lowest BCUT2D eigenvalue weighted by Gasteiger charge is -2.06. The van der Waals surface area contributed by atoms with Crippen molar-refractivity contribution in [1.29, 1.82) is 0 Å². The van der Waals surface area contributed by atoms with Crippen molar-refractivity contribution >= 4 is 17.5 Å². The lowest BCUT2D eigenvalue weighted by molar-refractivity contribution is 0.1000. The van der Waals surface area contributed by atoms with Gasteiger partial charge in [0.15, 0.2) is 0 Å². The summed E-state index contributed by atoms with van der Waals surface area (Å²) >= 11 is 5.68. The van der Waals surface area contributed by atoms with Crippen LogP contribution in [-0.2, 0) is 0 Å². The van der Waals surface area contributed by atoms with E-state index in [0.29, 0.717) is 5.92 Å². The van der Waals surface area contributed by atoms with Crippen molar-refractivity contribution in [1.82, 2.24) is 4.98 Å². The first-order valence-electron chi connectivity index (χ1n) is 3.97. The molecule has 13 heavy (non-hydrogen) atoms. The smallest absolute Gasteiger partial charge is 0.251 e. The Bertz CT molecular complexity index is 336. The number of carbonyl (C=O) groups excluding carboxylic acids is 1. The molecule has 1 aromatic rings. The largest absolute Gasteiger partial charge is 0.366 e. The number of hydrogen-bond donors (Lipinski definition) is 1. The van der Waals surface area contributed by atoms with E-state index in [1.165, 1.54) is 0 Å². The summed E-state index contributed by atoms with van der Waals surface area (Å²) in [5.41, 5.74) is 6.36. The van der Waals surface area contributed by atoms with Gasteiger partial charge in [0.05, 0.1) is 5.56 Å². The molecule has 3 nitrogen and oxygen atoms in total. The Balaban J connectivity index is 3.19. The molecule has 0 atom stereocenters. The minimum absolute atomic E-state index is 0.164. The number of nitrogens with two attached hydrogens (primary N) is 1. The van der Waals surface area contributed by atoms with Crippen LogP contribution in [0.1, 0.15) is 35.7 Å². The average molecular weight is 199 g/mol. The van der Waals surface area contributed by atoms with Gasteiger partial charge in [-0.15, -0.1) is 0 Å². The van der Waals surface area contributed by atoms with Gasteiger partial charge in [-0.2, -0.15) is 0 Å². The maximum absolute atomic E-state index is 10.9. The number of amides is 1. The van der Waals surface area contributed by atoms with E-state index in [2.05, 4.69) is 4.98 Å². The zero-order valence-electron chi connectivity index (χ0n) is 7.54. The van der Waals surface area contributed by atoms with Gasteiger partial charge in [-0.05, 0) is 17.5 Å². The maximum Gasteiger partial charge on any atom is 0.251 e. The predicted molar refractivity (Wildman–Crippen MR) is 51.9 cm³/mol. The van der Waals surface area contributed by atoms with Crippen molar-refractivity contribution in [2.24, 2.45) is 5.73 Å². The molecular formula is C9H11ClN2O. The van der Waals surface area contributed by atoms with Crippen molar-refractivity contribution in [3.05, 3.63) is 28.5 Å². The van der Waals surface area contributed by atoms with Gasteiger partial charge in [0.1, 0.15) is 5.15 Å². The molecule has 0 aliphatic carbocycles. The van der Waals surface area contributed by atoms with Crippen LogP contribution >= 0.6 is 11.6 Å². The second-order valence-corrected chi connectivity index (χ2v) is 3.48. The van der Waals surface area contributed by atoms with Gasteiger partial charge in [0, 0.05) is 6.20 Å². The van der Waals surface area contributed by atoms with Gasteiger partial charge in [0.25, 0.3) is 5.91 Å². The standard InChI is InChI=1S/C9H11ClN2O/c1-5(2)6-3-7(9(11)13)8(10)12-4-6/h3-5H,1-2H3,(H2,11,13). The number of aromatic nitrogens is 1. The number of primary amides is 1. The second-order valence-electron chi connectivity index (χ2n) is 3.13. The van der Waals surface area contributed by atoms with Crippen molar-refractivity contribution in [2.75, 3.05) is 0 Å². The van der Waals surface area contributed by atoms with E-state index < -0.39 is 5.91 Å². The monoisotopic (exact) mass is 198 g/mol. The topological polar surface area (TPSA) is 56.0 Å². The molecule has 0 aliphatic heterocycles. The summed E-state index contributed by atoms with van der Waals surface area (Å²) in [6.07, 6.45) is 1.65. The Kier molecular flexibility index (Phi) is 2.88. The number of nitrogens with zero attached hydrogens (tertiary/aromatic N) is 1. The summed E-state index contributed by atoms with van der Waals surface area (Å²) < 4.78 is 0. The minimum atomic E-state index is -0.542. The number of rotatable bonds is 2. The van der Waals surface area contributed by atoms with Crippen LogP contribution in [0.4, 0.5) is 0 Å². The quantitative estimate of drug-likeness (QED) is 0.739. The number of hydrogen-bond acceptors (Lipinski definition) is 2. The molecule has 0 saturated carbocycles. The third-order valence-corrected chi connectivity index (χ3v) is 2.09. The Labute approximate surface area is 81.9 Å². The molecule has 0 saturated heterocycles. The molecule has 0 fully saturated rings. The van der Waals surface area contributed by atoms with Crippen LogP contribution < -0.4 is 5.73 Å². The van der Waals surface area contributed by atoms with Gasteiger partial charge in [0.2, 0.25) is 0 Å². The molecule has 0 radical (unpaired) electrons. The van der Waals surface area contributed by atoms with Gasteiger partial charge < -0.3 is 5.73 Å². The van der Waals surface area contributed by atoms with E-state index in [1.54, 1.807) is 12.3 Å². The van der Waals surface area contributed by atoms with Gasteiger partial charge in [-0.1, -0.05) is 25.4 Å². The third kappa shape index (κ3) is 2.18. The number of halogens is 1. The first kappa shape index (κ1) is 9.99. The van der Waals surface area contributed by atoms with Crippen molar-refractivity contribution in [2.45, 2.75) is 19.8 Å². The molecule has 1 aromatic heterocycles. The maximum atomic E-state index is 10.9. The fraction of sp³-hybridized carbons (Fsp3) is 0.333. The van der Waals surface area contributed by atoms with E-state index in [0.717, 1.165) is 5.56 Å². The van der Waals surface area contributed by atoms with Crippen LogP contribution in [0.3, 0.4) is 0 Å². The molecule has 1 heterocycles. The summed E-state index contributed by atoms with van der Waals surface area (Å²) in [6, 6.07) is 1.68. The molecule has 0 aliphatic rings. The highest BCUT2D eigenvalue weighted by molar-refractivity contribution is 6.32. The first-order valence-corrected chi connectivity index (χ1v) is 4.35. The van der Waals surface area contributed by atoms with E-state index in [4.69, 9.17) is 17.3 Å². The molecule has 0 spiro atoms. The summed E-state index contributed by atoms with van der Waals surface area (Å²) in [5, 5.41) is 0.164. The fourth-order valence-corrected chi connectivity index (χ4v) is 1.15. The van der Waals surface area contributed by atoms with Gasteiger partial charge in [-0.3, -0.25) is 4.79 Å². The zero-order chi connectivity index (χ0) is 10.0. The Hall–Kier alpha value is -1.09. The Morgan fingerprint density at radius 3 is 2.69 bits per heavy atom. The van der Waals surface area contributed by atoms with Crippen molar-refractivity contribution in [3.63, 3.8) is 0 Å². The highest BCUT2D eigenvalue weighted by Gasteiger charge is 2.10. The predicted octanol–water partition coefficient (Wildman–Crippen LogP) is 1.96. The normalized spacial score (nSPS) is 10.5. The Morgan fingerprint density at radius 2 is 2.23 bits per heavy atom. The third-order valence-electron chi connectivity index (χ3n) is 1.79. The second kappa shape index (κ2) is 3.75. The molecule has 0 unspecified atom stereocenters. The van der Waals surface area contributed by atoms with Crippen LogP contribution in [0.25, 0.3) is 0 Å². The average Bonchev–Trinajstić information content (AvgIpc) is 2.04. The van der Waals surface area contributed by atoms with E-state index in [1.807, 2.05) is 13.8 Å². The van der Waals surface area contributed by atoms with E-state index >= 15 is 0 Å². The summed E-state index contributed by atoms with van der Waals surface area (Å²) in [7, 11) is 0. The van der Waals surface area contributed by atoms with Crippen LogP contribution in [0.5, 0.6) is 0 Å². The number of pyridine rings is 1. The highest BCUT2D eigenvalue weighted by Crippen LogP contribution is 2.19. The van der Waals surface area contributed by atoms with Crippen molar-refractivity contribution in [3.8, 4) is 0 Å². The molecule has 4 heteroatoms. The highest BCUT2D eigenvalue weighted by atomic mass is 35.5. The Morgan fingerprint density at radius 1 is 1.62 bits per heavy atom. The van der Waals surface area contributed by atoms with Crippen LogP contribution in [0.15, 0.2) is 12.3 Å². The molecule has 0 aromatic carbocycles. The first-order chi connectivity index (χ1) is 6.02. The summed E-state index contributed by atoms with van der Waals surface area (Å²) in [5.74, 6) is -0.233. The molecule has 1 rings (SSSR count). The lowest BCUT2D eigenvalue weighted by atomic mass is 10.0. The number of carbonyl (C=O) groups is 1. The fourth-order valence-electron chi connectivity index (χ4n) is 0.953. The van der Waals surface area contributed by atoms with Crippen LogP contribution in [-0.4, -0.2) is 10.9 Å². The molecule has 2 N–H and O–H groups in total.